The molecule has 0 saturated heterocycles. The van der Waals surface area contributed by atoms with E-state index in [1.165, 1.54) is 12.1 Å². The van der Waals surface area contributed by atoms with Gasteiger partial charge in [0.2, 0.25) is 5.91 Å². The number of hydrogen-bond acceptors (Lipinski definition) is 3. The van der Waals surface area contributed by atoms with Crippen LogP contribution in [0.15, 0.2) is 48.5 Å². The zero-order valence-electron chi connectivity index (χ0n) is 13.3. The first-order valence-corrected chi connectivity index (χ1v) is 7.76. The zero-order chi connectivity index (χ0) is 18.0. The van der Waals surface area contributed by atoms with E-state index in [9.17, 15) is 18.0 Å². The molecule has 0 fully saturated rings. The molecule has 0 unspecified atom stereocenters. The zero-order valence-corrected chi connectivity index (χ0v) is 13.3. The van der Waals surface area contributed by atoms with Gasteiger partial charge in [-0.3, -0.25) is 9.69 Å². The average Bonchev–Trinajstić information content (AvgIpc) is 2.54. The SMILES string of the molecule is NC(=O)[C@H]1Cc2ccccc2CN1Cc1ccc(OC(F)(F)F)cc1. The summed E-state index contributed by atoms with van der Waals surface area (Å²) in [6, 6.07) is 13.0. The Morgan fingerprint density at radius 2 is 1.76 bits per heavy atom. The molecule has 0 aliphatic carbocycles. The van der Waals surface area contributed by atoms with Crippen LogP contribution < -0.4 is 10.5 Å². The van der Waals surface area contributed by atoms with Crippen LogP contribution in [-0.2, 0) is 24.3 Å². The first kappa shape index (κ1) is 17.3. The maximum Gasteiger partial charge on any atom is 0.573 e. The average molecular weight is 350 g/mol. The van der Waals surface area contributed by atoms with Gasteiger partial charge in [-0.15, -0.1) is 13.2 Å². The number of ether oxygens (including phenoxy) is 1. The van der Waals surface area contributed by atoms with Crippen molar-refractivity contribution in [3.8, 4) is 5.75 Å². The summed E-state index contributed by atoms with van der Waals surface area (Å²) in [5, 5.41) is 0. The van der Waals surface area contributed by atoms with Crippen LogP contribution in [0.5, 0.6) is 5.75 Å². The molecular weight excluding hydrogens is 333 g/mol. The van der Waals surface area contributed by atoms with Crippen LogP contribution in [-0.4, -0.2) is 23.2 Å². The predicted octanol–water partition coefficient (Wildman–Crippen LogP) is 3.00. The summed E-state index contributed by atoms with van der Waals surface area (Å²) in [5.41, 5.74) is 8.53. The first-order valence-electron chi connectivity index (χ1n) is 7.76. The van der Waals surface area contributed by atoms with Crippen molar-refractivity contribution in [3.05, 3.63) is 65.2 Å². The number of fused-ring (bicyclic) bond motifs is 1. The fraction of sp³-hybridized carbons (Fsp3) is 0.278. The number of halogens is 3. The smallest absolute Gasteiger partial charge is 0.406 e. The highest BCUT2D eigenvalue weighted by Gasteiger charge is 2.31. The highest BCUT2D eigenvalue weighted by atomic mass is 19.4. The van der Waals surface area contributed by atoms with Crippen molar-refractivity contribution >= 4 is 5.91 Å². The van der Waals surface area contributed by atoms with E-state index in [2.05, 4.69) is 4.74 Å². The van der Waals surface area contributed by atoms with Crippen molar-refractivity contribution in [2.75, 3.05) is 0 Å². The van der Waals surface area contributed by atoms with Crippen molar-refractivity contribution < 1.29 is 22.7 Å². The van der Waals surface area contributed by atoms with E-state index < -0.39 is 18.3 Å². The molecule has 0 aromatic heterocycles. The Bertz CT molecular complexity index is 760. The number of primary amides is 1. The Morgan fingerprint density at radius 3 is 2.36 bits per heavy atom. The number of amides is 1. The Kier molecular flexibility index (Phi) is 4.67. The molecule has 0 radical (unpaired) electrons. The number of hydrogen-bond donors (Lipinski definition) is 1. The monoisotopic (exact) mass is 350 g/mol. The van der Waals surface area contributed by atoms with Gasteiger partial charge in [0, 0.05) is 13.1 Å². The number of carbonyl (C=O) groups is 1. The highest BCUT2D eigenvalue weighted by Crippen LogP contribution is 2.26. The van der Waals surface area contributed by atoms with Crippen molar-refractivity contribution in [2.45, 2.75) is 31.9 Å². The lowest BCUT2D eigenvalue weighted by Gasteiger charge is -2.35. The van der Waals surface area contributed by atoms with E-state index in [1.807, 2.05) is 29.2 Å². The molecule has 2 N–H and O–H groups in total. The lowest BCUT2D eigenvalue weighted by Crippen LogP contribution is -2.48. The normalized spacial score (nSPS) is 17.8. The maximum absolute atomic E-state index is 12.2. The quantitative estimate of drug-likeness (QED) is 0.922. The Labute approximate surface area is 143 Å². The van der Waals surface area contributed by atoms with Gasteiger partial charge in [0.25, 0.3) is 0 Å². The fourth-order valence-electron chi connectivity index (χ4n) is 3.05. The molecule has 1 amide bonds. The van der Waals surface area contributed by atoms with Gasteiger partial charge in [0.15, 0.2) is 0 Å². The molecule has 1 aliphatic heterocycles. The van der Waals surface area contributed by atoms with Gasteiger partial charge in [0.05, 0.1) is 6.04 Å². The summed E-state index contributed by atoms with van der Waals surface area (Å²) >= 11 is 0. The lowest BCUT2D eigenvalue weighted by molar-refractivity contribution is -0.274. The lowest BCUT2D eigenvalue weighted by atomic mass is 9.93. The molecule has 0 saturated carbocycles. The Morgan fingerprint density at radius 1 is 1.12 bits per heavy atom. The second kappa shape index (κ2) is 6.76. The molecule has 7 heteroatoms. The second-order valence-corrected chi connectivity index (χ2v) is 5.99. The van der Waals surface area contributed by atoms with E-state index >= 15 is 0 Å². The third kappa shape index (κ3) is 4.30. The van der Waals surface area contributed by atoms with E-state index in [0.717, 1.165) is 16.7 Å². The van der Waals surface area contributed by atoms with Gasteiger partial charge in [0.1, 0.15) is 5.75 Å². The largest absolute Gasteiger partial charge is 0.573 e. The molecule has 1 aliphatic rings. The number of carbonyl (C=O) groups excluding carboxylic acids is 1. The van der Waals surface area contributed by atoms with Crippen molar-refractivity contribution in [1.29, 1.82) is 0 Å². The summed E-state index contributed by atoms with van der Waals surface area (Å²) in [7, 11) is 0. The number of alkyl halides is 3. The van der Waals surface area contributed by atoms with Crippen LogP contribution in [0.25, 0.3) is 0 Å². The third-order valence-electron chi connectivity index (χ3n) is 4.22. The number of nitrogens with two attached hydrogens (primary N) is 1. The topological polar surface area (TPSA) is 55.6 Å². The van der Waals surface area contributed by atoms with E-state index in [0.29, 0.717) is 19.5 Å². The van der Waals surface area contributed by atoms with Gasteiger partial charge >= 0.3 is 6.36 Å². The number of rotatable bonds is 4. The third-order valence-corrected chi connectivity index (χ3v) is 4.22. The molecule has 1 heterocycles. The summed E-state index contributed by atoms with van der Waals surface area (Å²) < 4.78 is 40.5. The van der Waals surface area contributed by atoms with Gasteiger partial charge < -0.3 is 10.5 Å². The minimum atomic E-state index is -4.71. The van der Waals surface area contributed by atoms with Crippen LogP contribution in [0.1, 0.15) is 16.7 Å². The number of nitrogens with zero attached hydrogens (tertiary/aromatic N) is 1. The van der Waals surface area contributed by atoms with Gasteiger partial charge in [-0.1, -0.05) is 36.4 Å². The van der Waals surface area contributed by atoms with Gasteiger partial charge in [-0.2, -0.15) is 0 Å². The van der Waals surface area contributed by atoms with Crippen LogP contribution in [0, 0.1) is 0 Å². The second-order valence-electron chi connectivity index (χ2n) is 5.99. The van der Waals surface area contributed by atoms with Gasteiger partial charge in [-0.25, -0.2) is 0 Å². The van der Waals surface area contributed by atoms with Crippen LogP contribution in [0.2, 0.25) is 0 Å². The molecular formula is C18H17F3N2O2. The molecule has 3 rings (SSSR count). The van der Waals surface area contributed by atoms with Crippen LogP contribution >= 0.6 is 0 Å². The van der Waals surface area contributed by atoms with E-state index in [-0.39, 0.29) is 5.75 Å². The van der Waals surface area contributed by atoms with Crippen molar-refractivity contribution in [1.82, 2.24) is 4.90 Å². The Balaban J connectivity index is 1.75. The summed E-state index contributed by atoms with van der Waals surface area (Å²) in [6.07, 6.45) is -4.18. The molecule has 25 heavy (non-hydrogen) atoms. The molecule has 1 atom stereocenters. The summed E-state index contributed by atoms with van der Waals surface area (Å²) in [4.78, 5) is 13.7. The molecule has 0 spiro atoms. The Hall–Kier alpha value is -2.54. The summed E-state index contributed by atoms with van der Waals surface area (Å²) in [6.45, 7) is 0.971. The van der Waals surface area contributed by atoms with Crippen molar-refractivity contribution in [2.24, 2.45) is 5.73 Å². The minimum absolute atomic E-state index is 0.272. The highest BCUT2D eigenvalue weighted by molar-refractivity contribution is 5.80. The molecule has 0 bridgehead atoms. The standard InChI is InChI=1S/C18H17F3N2O2/c19-18(20,21)25-15-7-5-12(6-8-15)10-23-11-14-4-2-1-3-13(14)9-16(23)17(22)24/h1-8,16H,9-11H2,(H2,22,24)/t16-/m1/s1. The molecule has 2 aromatic carbocycles. The predicted molar refractivity (Wildman–Crippen MR) is 85.5 cm³/mol. The first-order chi connectivity index (χ1) is 11.8. The van der Waals surface area contributed by atoms with E-state index in [4.69, 9.17) is 5.73 Å². The molecule has 2 aromatic rings. The fourth-order valence-corrected chi connectivity index (χ4v) is 3.05. The van der Waals surface area contributed by atoms with Crippen LogP contribution in [0.4, 0.5) is 13.2 Å². The van der Waals surface area contributed by atoms with E-state index in [1.54, 1.807) is 12.1 Å². The molecule has 132 valence electrons. The number of benzene rings is 2. The summed E-state index contributed by atoms with van der Waals surface area (Å²) in [5.74, 6) is -0.682. The molecule has 4 nitrogen and oxygen atoms in total. The maximum atomic E-state index is 12.2. The van der Waals surface area contributed by atoms with Crippen LogP contribution in [0.3, 0.4) is 0 Å². The van der Waals surface area contributed by atoms with Gasteiger partial charge in [-0.05, 0) is 35.2 Å². The van der Waals surface area contributed by atoms with Crippen molar-refractivity contribution in [3.63, 3.8) is 0 Å². The minimum Gasteiger partial charge on any atom is -0.406 e.